The third-order valence-electron chi connectivity index (χ3n) is 4.10. The largest absolute Gasteiger partial charge is 0.494 e. The molecule has 0 aliphatic heterocycles. The molecule has 0 aliphatic rings. The number of nitrogens with one attached hydrogen (secondary N) is 1. The molecule has 0 spiro atoms. The van der Waals surface area contributed by atoms with Crippen LogP contribution in [-0.2, 0) is 9.59 Å². The summed E-state index contributed by atoms with van der Waals surface area (Å²) in [5.41, 5.74) is 1.52. The van der Waals surface area contributed by atoms with Gasteiger partial charge in [0.1, 0.15) is 5.75 Å². The first kappa shape index (κ1) is 18.5. The van der Waals surface area contributed by atoms with E-state index in [9.17, 15) is 14.7 Å². The van der Waals surface area contributed by atoms with Crippen molar-refractivity contribution in [2.45, 2.75) is 26.2 Å². The van der Waals surface area contributed by atoms with E-state index in [-0.39, 0.29) is 18.2 Å². The average Bonchev–Trinajstić information content (AvgIpc) is 2.61. The summed E-state index contributed by atoms with van der Waals surface area (Å²) in [6.45, 7) is 4.30. The van der Waals surface area contributed by atoms with Crippen molar-refractivity contribution in [1.82, 2.24) is 0 Å². The molecule has 1 amide bonds. The van der Waals surface area contributed by atoms with Crippen LogP contribution in [0.5, 0.6) is 5.75 Å². The minimum atomic E-state index is -0.974. The molecule has 0 saturated carbocycles. The van der Waals surface area contributed by atoms with Crippen LogP contribution in [0.15, 0.2) is 54.6 Å². The van der Waals surface area contributed by atoms with Crippen LogP contribution in [0.1, 0.15) is 31.7 Å². The van der Waals surface area contributed by atoms with E-state index in [0.717, 1.165) is 11.3 Å². The molecule has 5 heteroatoms. The number of carboxylic acid groups (broad SMARTS) is 1. The first-order valence-corrected chi connectivity index (χ1v) is 8.31. The second kappa shape index (κ2) is 8.87. The molecule has 25 heavy (non-hydrogen) atoms. The molecule has 132 valence electrons. The molecule has 0 heterocycles. The van der Waals surface area contributed by atoms with Crippen LogP contribution in [-0.4, -0.2) is 23.6 Å². The van der Waals surface area contributed by atoms with Gasteiger partial charge >= 0.3 is 5.97 Å². The Morgan fingerprint density at radius 2 is 1.72 bits per heavy atom. The summed E-state index contributed by atoms with van der Waals surface area (Å²) in [6.07, 6.45) is -0.0847. The Morgan fingerprint density at radius 3 is 2.28 bits per heavy atom. The molecule has 0 unspecified atom stereocenters. The molecule has 2 aromatic rings. The number of carbonyl (C=O) groups excluding carboxylic acids is 1. The minimum Gasteiger partial charge on any atom is -0.494 e. The number of benzene rings is 2. The Bertz CT molecular complexity index is 697. The highest BCUT2D eigenvalue weighted by atomic mass is 16.5. The molecule has 0 bridgehead atoms. The number of hydrogen-bond donors (Lipinski definition) is 2. The summed E-state index contributed by atoms with van der Waals surface area (Å²) in [6, 6.07) is 16.4. The van der Waals surface area contributed by atoms with Gasteiger partial charge in [-0.15, -0.1) is 0 Å². The zero-order chi connectivity index (χ0) is 18.2. The monoisotopic (exact) mass is 341 g/mol. The maximum atomic E-state index is 12.3. The first-order chi connectivity index (χ1) is 12.0. The van der Waals surface area contributed by atoms with Crippen molar-refractivity contribution < 1.29 is 19.4 Å². The van der Waals surface area contributed by atoms with Crippen molar-refractivity contribution in [2.24, 2.45) is 5.92 Å². The van der Waals surface area contributed by atoms with Gasteiger partial charge in [-0.3, -0.25) is 9.59 Å². The topological polar surface area (TPSA) is 75.6 Å². The number of rotatable bonds is 8. The van der Waals surface area contributed by atoms with Crippen LogP contribution in [0, 0.1) is 5.92 Å². The van der Waals surface area contributed by atoms with Gasteiger partial charge < -0.3 is 15.2 Å². The normalized spacial score (nSPS) is 12.9. The lowest BCUT2D eigenvalue weighted by atomic mass is 9.85. The number of carboxylic acids is 1. The predicted octanol–water partition coefficient (Wildman–Crippen LogP) is 3.92. The average molecular weight is 341 g/mol. The standard InChI is InChI=1S/C20H23NO4/c1-3-25-17-11-9-16(10-12-17)21-19(22)13-18(20(23)24)14(2)15-7-5-4-6-8-15/h4-12,14,18H,3,13H2,1-2H3,(H,21,22)(H,23,24)/t14-,18-/m0/s1. The maximum Gasteiger partial charge on any atom is 0.307 e. The Hall–Kier alpha value is -2.82. The van der Waals surface area contributed by atoms with Crippen LogP contribution < -0.4 is 10.1 Å². The van der Waals surface area contributed by atoms with Crippen molar-refractivity contribution in [1.29, 1.82) is 0 Å². The van der Waals surface area contributed by atoms with Crippen molar-refractivity contribution in [3.05, 3.63) is 60.2 Å². The summed E-state index contributed by atoms with van der Waals surface area (Å²) < 4.78 is 5.35. The van der Waals surface area contributed by atoms with Gasteiger partial charge in [0.25, 0.3) is 0 Å². The molecular weight excluding hydrogens is 318 g/mol. The molecule has 0 radical (unpaired) electrons. The fourth-order valence-corrected chi connectivity index (χ4v) is 2.68. The van der Waals surface area contributed by atoms with E-state index < -0.39 is 11.9 Å². The Balaban J connectivity index is 2.01. The van der Waals surface area contributed by atoms with Crippen molar-refractivity contribution in [3.63, 3.8) is 0 Å². The number of aliphatic carboxylic acids is 1. The highest BCUT2D eigenvalue weighted by Crippen LogP contribution is 2.27. The van der Waals surface area contributed by atoms with E-state index in [1.165, 1.54) is 0 Å². The summed E-state index contributed by atoms with van der Waals surface area (Å²) in [4.78, 5) is 23.9. The third kappa shape index (κ3) is 5.35. The van der Waals surface area contributed by atoms with Gasteiger partial charge in [0.2, 0.25) is 5.91 Å². The number of anilines is 1. The predicted molar refractivity (Wildman–Crippen MR) is 96.8 cm³/mol. The van der Waals surface area contributed by atoms with Gasteiger partial charge in [-0.25, -0.2) is 0 Å². The SMILES string of the molecule is CCOc1ccc(NC(=O)C[C@H](C(=O)O)[C@@H](C)c2ccccc2)cc1. The fraction of sp³-hybridized carbons (Fsp3) is 0.300. The third-order valence-corrected chi connectivity index (χ3v) is 4.10. The van der Waals surface area contributed by atoms with Crippen molar-refractivity contribution >= 4 is 17.6 Å². The van der Waals surface area contributed by atoms with E-state index in [0.29, 0.717) is 12.3 Å². The molecule has 2 atom stereocenters. The van der Waals surface area contributed by atoms with Crippen LogP contribution >= 0.6 is 0 Å². The molecule has 2 aromatic carbocycles. The van der Waals surface area contributed by atoms with E-state index in [2.05, 4.69) is 5.32 Å². The second-order valence-corrected chi connectivity index (χ2v) is 5.85. The molecule has 2 N–H and O–H groups in total. The van der Waals surface area contributed by atoms with Crippen LogP contribution in [0.2, 0.25) is 0 Å². The highest BCUT2D eigenvalue weighted by molar-refractivity contribution is 5.93. The molecule has 5 nitrogen and oxygen atoms in total. The van der Waals surface area contributed by atoms with Crippen molar-refractivity contribution in [2.75, 3.05) is 11.9 Å². The Kier molecular flexibility index (Phi) is 6.57. The quantitative estimate of drug-likeness (QED) is 0.763. The second-order valence-electron chi connectivity index (χ2n) is 5.85. The number of amides is 1. The lowest BCUT2D eigenvalue weighted by Gasteiger charge is -2.20. The first-order valence-electron chi connectivity index (χ1n) is 8.31. The lowest BCUT2D eigenvalue weighted by molar-refractivity contribution is -0.144. The smallest absolute Gasteiger partial charge is 0.307 e. The van der Waals surface area contributed by atoms with Crippen LogP contribution in [0.3, 0.4) is 0 Å². The summed E-state index contributed by atoms with van der Waals surface area (Å²) >= 11 is 0. The zero-order valence-electron chi connectivity index (χ0n) is 14.4. The molecule has 2 rings (SSSR count). The summed E-state index contributed by atoms with van der Waals surface area (Å²) in [7, 11) is 0. The molecule has 0 fully saturated rings. The number of ether oxygens (including phenoxy) is 1. The van der Waals surface area contributed by atoms with Gasteiger partial charge in [0, 0.05) is 12.1 Å². The number of hydrogen-bond acceptors (Lipinski definition) is 3. The lowest BCUT2D eigenvalue weighted by Crippen LogP contribution is -2.26. The molecular formula is C20H23NO4. The van der Waals surface area contributed by atoms with Crippen LogP contribution in [0.4, 0.5) is 5.69 Å². The maximum absolute atomic E-state index is 12.3. The van der Waals surface area contributed by atoms with Gasteiger partial charge in [-0.2, -0.15) is 0 Å². The zero-order valence-corrected chi connectivity index (χ0v) is 14.4. The van der Waals surface area contributed by atoms with E-state index in [1.54, 1.807) is 24.3 Å². The number of carbonyl (C=O) groups is 2. The molecule has 0 aliphatic carbocycles. The molecule has 0 aromatic heterocycles. The minimum absolute atomic E-state index is 0.0847. The highest BCUT2D eigenvalue weighted by Gasteiger charge is 2.28. The Morgan fingerprint density at radius 1 is 1.08 bits per heavy atom. The van der Waals surface area contributed by atoms with E-state index in [1.807, 2.05) is 44.2 Å². The van der Waals surface area contributed by atoms with Gasteiger partial charge in [-0.1, -0.05) is 37.3 Å². The summed E-state index contributed by atoms with van der Waals surface area (Å²) in [5, 5.41) is 12.3. The summed E-state index contributed by atoms with van der Waals surface area (Å²) in [5.74, 6) is -1.62. The van der Waals surface area contributed by atoms with Crippen molar-refractivity contribution in [3.8, 4) is 5.75 Å². The van der Waals surface area contributed by atoms with Gasteiger partial charge in [-0.05, 0) is 42.7 Å². The van der Waals surface area contributed by atoms with Gasteiger partial charge in [0.05, 0.1) is 12.5 Å². The van der Waals surface area contributed by atoms with Gasteiger partial charge in [0.15, 0.2) is 0 Å². The van der Waals surface area contributed by atoms with E-state index in [4.69, 9.17) is 4.74 Å². The fourth-order valence-electron chi connectivity index (χ4n) is 2.68. The van der Waals surface area contributed by atoms with Crippen LogP contribution in [0.25, 0.3) is 0 Å². The van der Waals surface area contributed by atoms with E-state index >= 15 is 0 Å². The Labute approximate surface area is 147 Å². The molecule has 0 saturated heterocycles.